The molecular formula is C38H52F3NO2. The van der Waals surface area contributed by atoms with Gasteiger partial charge in [0.2, 0.25) is 0 Å². The number of aromatic carboxylic acids is 1. The number of carboxylic acid groups (broad SMARTS) is 1. The fourth-order valence-electron chi connectivity index (χ4n) is 12.6. The molecule has 0 spiro atoms. The molecule has 6 heteroatoms. The molecule has 242 valence electrons. The summed E-state index contributed by atoms with van der Waals surface area (Å²) in [4.78, 5) is 11.5. The quantitative estimate of drug-likeness (QED) is 0.315. The summed E-state index contributed by atoms with van der Waals surface area (Å²) in [6, 6.07) is 7.41. The molecule has 2 N–H and O–H groups in total. The van der Waals surface area contributed by atoms with Crippen molar-refractivity contribution in [2.24, 2.45) is 51.2 Å². The number of carboxylic acids is 1. The lowest BCUT2D eigenvalue weighted by Crippen LogP contribution is -2.68. The van der Waals surface area contributed by atoms with E-state index in [1.807, 2.05) is 12.1 Å². The lowest BCUT2D eigenvalue weighted by Gasteiger charge is -2.72. The minimum Gasteiger partial charge on any atom is -0.478 e. The largest absolute Gasteiger partial charge is 0.478 e. The maximum Gasteiger partial charge on any atom is 0.390 e. The van der Waals surface area contributed by atoms with E-state index < -0.39 is 18.6 Å². The second-order valence-corrected chi connectivity index (χ2v) is 16.5. The molecular weight excluding hydrogens is 559 g/mol. The molecule has 6 rings (SSSR count). The number of hydrogen-bond acceptors (Lipinski definition) is 2. The van der Waals surface area contributed by atoms with Crippen molar-refractivity contribution in [1.29, 1.82) is 0 Å². The lowest BCUT2D eigenvalue weighted by molar-refractivity contribution is -0.219. The van der Waals surface area contributed by atoms with Crippen LogP contribution in [0.3, 0.4) is 0 Å². The third kappa shape index (κ3) is 4.58. The molecule has 0 radical (unpaired) electrons. The summed E-state index contributed by atoms with van der Waals surface area (Å²) in [6.07, 6.45) is 9.38. The second kappa shape index (κ2) is 10.5. The van der Waals surface area contributed by atoms with Crippen molar-refractivity contribution in [3.8, 4) is 0 Å². The molecule has 1 aromatic rings. The number of benzene rings is 1. The molecule has 0 unspecified atom stereocenters. The van der Waals surface area contributed by atoms with Gasteiger partial charge in [-0.2, -0.15) is 13.2 Å². The monoisotopic (exact) mass is 611 g/mol. The molecule has 5 aliphatic rings. The number of allylic oxidation sites excluding steroid dienone is 3. The van der Waals surface area contributed by atoms with Crippen LogP contribution >= 0.6 is 0 Å². The van der Waals surface area contributed by atoms with Crippen LogP contribution in [0.4, 0.5) is 13.2 Å². The van der Waals surface area contributed by atoms with Crippen LogP contribution in [0.15, 0.2) is 43.0 Å². The Kier molecular flexibility index (Phi) is 7.59. The number of nitrogens with one attached hydrogen (secondary N) is 1. The van der Waals surface area contributed by atoms with Crippen LogP contribution in [0.2, 0.25) is 0 Å². The molecule has 5 aliphatic carbocycles. The molecule has 44 heavy (non-hydrogen) atoms. The van der Waals surface area contributed by atoms with Gasteiger partial charge in [0, 0.05) is 12.1 Å². The SMILES string of the molecule is C=C[C@@H]1CC[C@]2(NCCC(F)(F)F)CC[C@]3(C)[C@H](CC[C@@H]4[C@@]5(C)CC=C(c6ccc(C(=O)O)cc6)C(C)(C)[C@@H]5CC[C@]43C)[C@@H]12. The number of alkyl halides is 3. The Morgan fingerprint density at radius 2 is 1.66 bits per heavy atom. The molecule has 0 saturated heterocycles. The molecule has 4 fully saturated rings. The van der Waals surface area contributed by atoms with Gasteiger partial charge in [0.05, 0.1) is 12.0 Å². The van der Waals surface area contributed by atoms with Gasteiger partial charge in [-0.15, -0.1) is 6.58 Å². The highest BCUT2D eigenvalue weighted by Crippen LogP contribution is 2.76. The summed E-state index contributed by atoms with van der Waals surface area (Å²) in [6.45, 7) is 16.7. The third-order valence-corrected chi connectivity index (χ3v) is 14.7. The standard InChI is InChI=1S/C38H52F3NO2/c1-7-24-14-19-37(42-23-22-38(39,40)41)21-20-35(5)28(31(24)37)12-13-30-34(4)17-15-27(25-8-10-26(11-9-25)32(43)44)33(2,3)29(34)16-18-36(30,35)6/h7-11,15,24,28-31,42H,1,12-14,16-23H2,2-6H3,(H,43,44)/t24-,28-,29+,30-,31-,34+,35-,36-,37+/m1/s1. The van der Waals surface area contributed by atoms with E-state index in [0.29, 0.717) is 35.2 Å². The first-order valence-electron chi connectivity index (χ1n) is 17.0. The Bertz CT molecular complexity index is 1330. The zero-order chi connectivity index (χ0) is 31.9. The number of rotatable bonds is 6. The number of fused-ring (bicyclic) bond motifs is 7. The van der Waals surface area contributed by atoms with Crippen molar-refractivity contribution in [2.75, 3.05) is 6.54 Å². The minimum atomic E-state index is -4.14. The summed E-state index contributed by atoms with van der Waals surface area (Å²) in [5.74, 6) is 1.39. The number of hydrogen-bond donors (Lipinski definition) is 2. The first kappa shape index (κ1) is 31.9. The summed E-state index contributed by atoms with van der Waals surface area (Å²) in [7, 11) is 0. The molecule has 0 aliphatic heterocycles. The van der Waals surface area contributed by atoms with Crippen LogP contribution in [0.1, 0.15) is 115 Å². The first-order chi connectivity index (χ1) is 20.5. The zero-order valence-corrected chi connectivity index (χ0v) is 27.3. The molecule has 0 amide bonds. The summed E-state index contributed by atoms with van der Waals surface area (Å²) < 4.78 is 39.5. The van der Waals surface area contributed by atoms with Gasteiger partial charge in [0.25, 0.3) is 0 Å². The van der Waals surface area contributed by atoms with Crippen LogP contribution in [0.25, 0.3) is 5.57 Å². The van der Waals surface area contributed by atoms with Crippen LogP contribution in [-0.4, -0.2) is 29.3 Å². The summed E-state index contributed by atoms with van der Waals surface area (Å²) >= 11 is 0. The second-order valence-electron chi connectivity index (χ2n) is 16.5. The van der Waals surface area contributed by atoms with Crippen LogP contribution in [0, 0.1) is 51.2 Å². The van der Waals surface area contributed by atoms with E-state index in [1.165, 1.54) is 18.4 Å². The van der Waals surface area contributed by atoms with Gasteiger partial charge < -0.3 is 10.4 Å². The van der Waals surface area contributed by atoms with E-state index in [4.69, 9.17) is 0 Å². The van der Waals surface area contributed by atoms with Crippen LogP contribution in [-0.2, 0) is 0 Å². The van der Waals surface area contributed by atoms with Gasteiger partial charge in [-0.3, -0.25) is 0 Å². The van der Waals surface area contributed by atoms with E-state index in [0.717, 1.165) is 50.5 Å². The highest BCUT2D eigenvalue weighted by molar-refractivity contribution is 5.88. The average Bonchev–Trinajstić information content (AvgIpc) is 3.31. The van der Waals surface area contributed by atoms with Gasteiger partial charge >= 0.3 is 12.1 Å². The Hall–Kier alpha value is -2.08. The van der Waals surface area contributed by atoms with E-state index in [2.05, 4.69) is 58.7 Å². The first-order valence-corrected chi connectivity index (χ1v) is 17.0. The molecule has 3 nitrogen and oxygen atoms in total. The van der Waals surface area contributed by atoms with Gasteiger partial charge in [-0.25, -0.2) is 4.79 Å². The number of carbonyl (C=O) groups is 1. The van der Waals surface area contributed by atoms with Crippen molar-refractivity contribution in [1.82, 2.24) is 5.32 Å². The normalized spacial score (nSPS) is 42.7. The van der Waals surface area contributed by atoms with Crippen molar-refractivity contribution >= 4 is 11.5 Å². The van der Waals surface area contributed by atoms with E-state index in [-0.39, 0.29) is 33.7 Å². The fourth-order valence-corrected chi connectivity index (χ4v) is 12.6. The smallest absolute Gasteiger partial charge is 0.390 e. The fraction of sp³-hybridized carbons (Fsp3) is 0.711. The van der Waals surface area contributed by atoms with E-state index in [9.17, 15) is 23.1 Å². The lowest BCUT2D eigenvalue weighted by atomic mass is 9.33. The highest BCUT2D eigenvalue weighted by Gasteiger charge is 2.70. The van der Waals surface area contributed by atoms with Gasteiger partial charge in [0.1, 0.15) is 0 Å². The third-order valence-electron chi connectivity index (χ3n) is 14.7. The Balaban J connectivity index is 1.31. The Morgan fingerprint density at radius 1 is 0.955 bits per heavy atom. The molecule has 0 heterocycles. The van der Waals surface area contributed by atoms with Gasteiger partial charge in [-0.05, 0) is 132 Å². The van der Waals surface area contributed by atoms with Gasteiger partial charge in [0.15, 0.2) is 0 Å². The van der Waals surface area contributed by atoms with Crippen molar-refractivity contribution in [3.63, 3.8) is 0 Å². The molecule has 0 aromatic heterocycles. The Morgan fingerprint density at radius 3 is 2.30 bits per heavy atom. The average molecular weight is 612 g/mol. The summed E-state index contributed by atoms with van der Waals surface area (Å²) in [5, 5.41) is 12.9. The summed E-state index contributed by atoms with van der Waals surface area (Å²) in [5.41, 5.74) is 2.99. The minimum absolute atomic E-state index is 0.00965. The molecule has 4 saturated carbocycles. The van der Waals surface area contributed by atoms with Gasteiger partial charge in [-0.1, -0.05) is 58.9 Å². The maximum absolute atomic E-state index is 13.2. The molecule has 1 aromatic carbocycles. The maximum atomic E-state index is 13.2. The Labute approximate surface area is 262 Å². The van der Waals surface area contributed by atoms with Crippen LogP contribution < -0.4 is 5.32 Å². The predicted molar refractivity (Wildman–Crippen MR) is 170 cm³/mol. The zero-order valence-electron chi connectivity index (χ0n) is 27.3. The van der Waals surface area contributed by atoms with Crippen LogP contribution in [0.5, 0.6) is 0 Å². The molecule has 9 atom stereocenters. The topological polar surface area (TPSA) is 49.3 Å². The highest BCUT2D eigenvalue weighted by atomic mass is 19.4. The van der Waals surface area contributed by atoms with E-state index >= 15 is 0 Å². The van der Waals surface area contributed by atoms with E-state index in [1.54, 1.807) is 12.1 Å². The van der Waals surface area contributed by atoms with Crippen molar-refractivity contribution in [3.05, 3.63) is 54.1 Å². The number of halogens is 3. The van der Waals surface area contributed by atoms with Crippen molar-refractivity contribution < 1.29 is 23.1 Å². The molecule has 0 bridgehead atoms. The van der Waals surface area contributed by atoms with Crippen molar-refractivity contribution in [2.45, 2.75) is 111 Å². The predicted octanol–water partition coefficient (Wildman–Crippen LogP) is 9.94.